The van der Waals surface area contributed by atoms with Crippen molar-refractivity contribution in [3.8, 4) is 0 Å². The van der Waals surface area contributed by atoms with E-state index in [1.165, 1.54) is 0 Å². The number of likely N-dealkylation sites (tertiary alicyclic amines) is 1. The van der Waals surface area contributed by atoms with E-state index in [9.17, 15) is 9.59 Å². The van der Waals surface area contributed by atoms with Crippen molar-refractivity contribution in [2.24, 2.45) is 0 Å². The third kappa shape index (κ3) is 3.57. The number of amides is 2. The fraction of sp³-hybridized carbons (Fsp3) is 0.500. The van der Waals surface area contributed by atoms with Gasteiger partial charge >= 0.3 is 11.8 Å². The van der Waals surface area contributed by atoms with Crippen LogP contribution < -0.4 is 5.32 Å². The molecule has 7 heteroatoms. The smallest absolute Gasteiger partial charge is 0.313 e. The summed E-state index contributed by atoms with van der Waals surface area (Å²) in [5, 5.41) is 2.66. The molecular weight excluding hydrogens is 364 g/mol. The third-order valence-corrected chi connectivity index (χ3v) is 4.85. The molecule has 23 heavy (non-hydrogen) atoms. The van der Waals surface area contributed by atoms with E-state index in [2.05, 4.69) is 21.2 Å². The van der Waals surface area contributed by atoms with Crippen LogP contribution >= 0.6 is 15.9 Å². The first kappa shape index (κ1) is 16.4. The Bertz CT molecular complexity index is 619. The molecule has 3 rings (SSSR count). The van der Waals surface area contributed by atoms with E-state index < -0.39 is 17.6 Å². The van der Waals surface area contributed by atoms with Crippen LogP contribution in [-0.2, 0) is 19.1 Å². The fourth-order valence-corrected chi connectivity index (χ4v) is 3.47. The monoisotopic (exact) mass is 382 g/mol. The van der Waals surface area contributed by atoms with Crippen LogP contribution in [0.15, 0.2) is 22.7 Å². The van der Waals surface area contributed by atoms with E-state index in [4.69, 9.17) is 9.47 Å². The van der Waals surface area contributed by atoms with Crippen molar-refractivity contribution in [3.05, 3.63) is 28.2 Å². The second-order valence-electron chi connectivity index (χ2n) is 5.84. The Labute approximate surface area is 143 Å². The molecule has 1 aromatic rings. The van der Waals surface area contributed by atoms with Crippen molar-refractivity contribution in [2.75, 3.05) is 31.6 Å². The molecule has 124 valence electrons. The van der Waals surface area contributed by atoms with Gasteiger partial charge in [-0.2, -0.15) is 0 Å². The number of ether oxygens (including phenoxy) is 2. The van der Waals surface area contributed by atoms with Gasteiger partial charge in [0.25, 0.3) is 0 Å². The molecule has 2 heterocycles. The van der Waals surface area contributed by atoms with Gasteiger partial charge in [0.15, 0.2) is 5.79 Å². The first-order valence-corrected chi connectivity index (χ1v) is 8.43. The van der Waals surface area contributed by atoms with Gasteiger partial charge in [0.2, 0.25) is 0 Å². The Balaban J connectivity index is 1.58. The average molecular weight is 383 g/mol. The molecule has 2 aliphatic heterocycles. The summed E-state index contributed by atoms with van der Waals surface area (Å²) >= 11 is 3.39. The van der Waals surface area contributed by atoms with E-state index >= 15 is 0 Å². The van der Waals surface area contributed by atoms with Gasteiger partial charge < -0.3 is 19.7 Å². The lowest BCUT2D eigenvalue weighted by atomic mass is 10.0. The van der Waals surface area contributed by atoms with Crippen LogP contribution in [0.25, 0.3) is 0 Å². The minimum atomic E-state index is -0.626. The van der Waals surface area contributed by atoms with Crippen LogP contribution in [-0.4, -0.2) is 48.8 Å². The maximum absolute atomic E-state index is 12.3. The number of halogens is 1. The molecule has 0 atom stereocenters. The van der Waals surface area contributed by atoms with Gasteiger partial charge in [-0.25, -0.2) is 0 Å². The summed E-state index contributed by atoms with van der Waals surface area (Å²) in [6.07, 6.45) is 1.19. The minimum Gasteiger partial charge on any atom is -0.347 e. The molecule has 2 fully saturated rings. The predicted octanol–water partition coefficient (Wildman–Crippen LogP) is 2.06. The number of nitrogens with zero attached hydrogens (tertiary/aromatic N) is 1. The molecule has 1 spiro atoms. The molecule has 2 saturated heterocycles. The molecule has 1 N–H and O–H groups in total. The first-order chi connectivity index (χ1) is 11.0. The number of hydrogen-bond acceptors (Lipinski definition) is 4. The number of piperidine rings is 1. The Kier molecular flexibility index (Phi) is 4.70. The van der Waals surface area contributed by atoms with Crippen LogP contribution in [0.1, 0.15) is 18.4 Å². The second kappa shape index (κ2) is 6.59. The molecule has 2 amide bonds. The summed E-state index contributed by atoms with van der Waals surface area (Å²) in [6, 6.07) is 5.54. The van der Waals surface area contributed by atoms with Gasteiger partial charge in [0.1, 0.15) is 0 Å². The number of nitrogens with one attached hydrogen (secondary N) is 1. The Hall–Kier alpha value is -1.44. The van der Waals surface area contributed by atoms with Gasteiger partial charge in [0, 0.05) is 30.4 Å². The van der Waals surface area contributed by atoms with Gasteiger partial charge in [-0.3, -0.25) is 9.59 Å². The van der Waals surface area contributed by atoms with Crippen molar-refractivity contribution < 1.29 is 19.1 Å². The highest BCUT2D eigenvalue weighted by atomic mass is 79.9. The highest BCUT2D eigenvalue weighted by Crippen LogP contribution is 2.31. The predicted molar refractivity (Wildman–Crippen MR) is 88.0 cm³/mol. The quantitative estimate of drug-likeness (QED) is 0.754. The van der Waals surface area contributed by atoms with Crippen LogP contribution in [0, 0.1) is 6.92 Å². The van der Waals surface area contributed by atoms with Gasteiger partial charge in [-0.1, -0.05) is 6.07 Å². The topological polar surface area (TPSA) is 67.9 Å². The summed E-state index contributed by atoms with van der Waals surface area (Å²) in [5.74, 6) is -1.70. The van der Waals surface area contributed by atoms with E-state index in [1.54, 1.807) is 11.0 Å². The Morgan fingerprint density at radius 2 is 1.87 bits per heavy atom. The fourth-order valence-electron chi connectivity index (χ4n) is 2.88. The number of rotatable bonds is 1. The summed E-state index contributed by atoms with van der Waals surface area (Å²) in [7, 11) is 0. The molecular formula is C16H19BrN2O4. The number of aryl methyl sites for hydroxylation is 1. The number of carbonyl (C=O) groups is 2. The molecule has 1 aromatic carbocycles. The van der Waals surface area contributed by atoms with Crippen molar-refractivity contribution in [2.45, 2.75) is 25.6 Å². The van der Waals surface area contributed by atoms with Crippen LogP contribution in [0.3, 0.4) is 0 Å². The third-order valence-electron chi connectivity index (χ3n) is 4.19. The van der Waals surface area contributed by atoms with E-state index in [0.717, 1.165) is 10.0 Å². The average Bonchev–Trinajstić information content (AvgIpc) is 2.98. The molecule has 0 aromatic heterocycles. The Morgan fingerprint density at radius 1 is 1.22 bits per heavy atom. The van der Waals surface area contributed by atoms with Crippen LogP contribution in [0.4, 0.5) is 5.69 Å². The molecule has 0 aliphatic carbocycles. The number of benzene rings is 1. The maximum atomic E-state index is 12.3. The molecule has 0 bridgehead atoms. The maximum Gasteiger partial charge on any atom is 0.313 e. The summed E-state index contributed by atoms with van der Waals surface area (Å²) in [5.41, 5.74) is 1.66. The number of anilines is 1. The normalized spacial score (nSPS) is 19.8. The summed E-state index contributed by atoms with van der Waals surface area (Å²) < 4.78 is 12.0. The second-order valence-corrected chi connectivity index (χ2v) is 6.69. The van der Waals surface area contributed by atoms with Crippen molar-refractivity contribution in [1.29, 1.82) is 0 Å². The highest BCUT2D eigenvalue weighted by molar-refractivity contribution is 9.10. The SMILES string of the molecule is Cc1ccc(NC(=O)C(=O)N2CCC3(CC2)OCCO3)c(Br)c1. The summed E-state index contributed by atoms with van der Waals surface area (Å²) in [6.45, 7) is 4.06. The zero-order valence-electron chi connectivity index (χ0n) is 12.9. The number of carbonyl (C=O) groups excluding carboxylic acids is 2. The minimum absolute atomic E-state index is 0.460. The van der Waals surface area contributed by atoms with Gasteiger partial charge in [-0.15, -0.1) is 0 Å². The molecule has 0 saturated carbocycles. The van der Waals surface area contributed by atoms with E-state index in [0.29, 0.717) is 44.8 Å². The number of hydrogen-bond donors (Lipinski definition) is 1. The van der Waals surface area contributed by atoms with Crippen LogP contribution in [0.5, 0.6) is 0 Å². The lowest BCUT2D eigenvalue weighted by Crippen LogP contribution is -2.50. The molecule has 0 radical (unpaired) electrons. The highest BCUT2D eigenvalue weighted by Gasteiger charge is 2.41. The molecule has 2 aliphatic rings. The van der Waals surface area contributed by atoms with Gasteiger partial charge in [0.05, 0.1) is 18.9 Å². The zero-order valence-corrected chi connectivity index (χ0v) is 14.5. The first-order valence-electron chi connectivity index (χ1n) is 7.63. The largest absolute Gasteiger partial charge is 0.347 e. The van der Waals surface area contributed by atoms with Crippen LogP contribution in [0.2, 0.25) is 0 Å². The lowest BCUT2D eigenvalue weighted by molar-refractivity contribution is -0.187. The Morgan fingerprint density at radius 3 is 2.48 bits per heavy atom. The van der Waals surface area contributed by atoms with Crippen molar-refractivity contribution >= 4 is 33.4 Å². The van der Waals surface area contributed by atoms with Crippen molar-refractivity contribution in [1.82, 2.24) is 4.90 Å². The summed E-state index contributed by atoms with van der Waals surface area (Å²) in [4.78, 5) is 26.0. The molecule has 6 nitrogen and oxygen atoms in total. The van der Waals surface area contributed by atoms with Crippen molar-refractivity contribution in [3.63, 3.8) is 0 Å². The standard InChI is InChI=1S/C16H19BrN2O4/c1-11-2-3-13(12(17)10-11)18-14(20)15(21)19-6-4-16(5-7-19)22-8-9-23-16/h2-3,10H,4-9H2,1H3,(H,18,20). The van der Waals surface area contributed by atoms with E-state index in [-0.39, 0.29) is 0 Å². The lowest BCUT2D eigenvalue weighted by Gasteiger charge is -2.37. The van der Waals surface area contributed by atoms with E-state index in [1.807, 2.05) is 19.1 Å². The molecule has 0 unspecified atom stereocenters. The van der Waals surface area contributed by atoms with Gasteiger partial charge in [-0.05, 0) is 40.5 Å². The zero-order chi connectivity index (χ0) is 16.4.